The molecular formula is C18H16Cl2O3. The fourth-order valence-electron chi connectivity index (χ4n) is 2.10. The van der Waals surface area contributed by atoms with E-state index in [1.165, 1.54) is 6.08 Å². The SMILES string of the molecule is CCOC(=O)C=C(c1ccc(OC)cc1)c1ccc(Cl)cc1Cl. The highest BCUT2D eigenvalue weighted by atomic mass is 35.5. The summed E-state index contributed by atoms with van der Waals surface area (Å²) in [6.45, 7) is 2.06. The van der Waals surface area contributed by atoms with Gasteiger partial charge in [-0.15, -0.1) is 0 Å². The number of ether oxygens (including phenoxy) is 2. The fraction of sp³-hybridized carbons (Fsp3) is 0.167. The van der Waals surface area contributed by atoms with E-state index < -0.39 is 5.97 Å². The topological polar surface area (TPSA) is 35.5 Å². The second kappa shape index (κ2) is 8.04. The summed E-state index contributed by atoms with van der Waals surface area (Å²) in [7, 11) is 1.60. The fourth-order valence-corrected chi connectivity index (χ4v) is 2.61. The number of halogens is 2. The van der Waals surface area contributed by atoms with Crippen LogP contribution in [0.15, 0.2) is 48.5 Å². The van der Waals surface area contributed by atoms with Crippen molar-refractivity contribution in [2.24, 2.45) is 0 Å². The molecule has 0 saturated heterocycles. The summed E-state index contributed by atoms with van der Waals surface area (Å²) in [4.78, 5) is 11.9. The number of carbonyl (C=O) groups is 1. The van der Waals surface area contributed by atoms with E-state index >= 15 is 0 Å². The maximum atomic E-state index is 11.9. The molecule has 0 N–H and O–H groups in total. The number of esters is 1. The summed E-state index contributed by atoms with van der Waals surface area (Å²) in [5.41, 5.74) is 2.19. The number of rotatable bonds is 5. The monoisotopic (exact) mass is 350 g/mol. The molecule has 0 atom stereocenters. The van der Waals surface area contributed by atoms with Crippen molar-refractivity contribution in [3.8, 4) is 5.75 Å². The van der Waals surface area contributed by atoms with E-state index in [9.17, 15) is 4.79 Å². The molecule has 0 amide bonds. The summed E-state index contributed by atoms with van der Waals surface area (Å²) in [5.74, 6) is 0.302. The van der Waals surface area contributed by atoms with Crippen LogP contribution in [-0.2, 0) is 9.53 Å². The summed E-state index contributed by atoms with van der Waals surface area (Å²) in [6, 6.07) is 12.5. The Morgan fingerprint density at radius 1 is 1.13 bits per heavy atom. The van der Waals surface area contributed by atoms with Gasteiger partial charge < -0.3 is 9.47 Å². The zero-order valence-corrected chi connectivity index (χ0v) is 14.3. The molecule has 5 heteroatoms. The van der Waals surface area contributed by atoms with Gasteiger partial charge >= 0.3 is 5.97 Å². The molecule has 0 aliphatic carbocycles. The third-order valence-corrected chi connectivity index (χ3v) is 3.72. The number of carbonyl (C=O) groups excluding carboxylic acids is 1. The van der Waals surface area contributed by atoms with Crippen molar-refractivity contribution in [3.05, 3.63) is 69.7 Å². The largest absolute Gasteiger partial charge is 0.497 e. The summed E-state index contributed by atoms with van der Waals surface area (Å²) in [6.07, 6.45) is 1.43. The highest BCUT2D eigenvalue weighted by Gasteiger charge is 2.12. The van der Waals surface area contributed by atoms with Crippen LogP contribution in [0, 0.1) is 0 Å². The van der Waals surface area contributed by atoms with Crippen molar-refractivity contribution in [3.63, 3.8) is 0 Å². The van der Waals surface area contributed by atoms with E-state index in [1.807, 2.05) is 24.3 Å². The predicted molar refractivity (Wildman–Crippen MR) is 93.2 cm³/mol. The second-order valence-electron chi connectivity index (χ2n) is 4.66. The van der Waals surface area contributed by atoms with Gasteiger partial charge in [-0.2, -0.15) is 0 Å². The molecule has 0 radical (unpaired) electrons. The van der Waals surface area contributed by atoms with Gasteiger partial charge in [-0.05, 0) is 42.3 Å². The van der Waals surface area contributed by atoms with Gasteiger partial charge in [0, 0.05) is 21.7 Å². The maximum Gasteiger partial charge on any atom is 0.331 e. The molecule has 0 heterocycles. The average Bonchev–Trinajstić information content (AvgIpc) is 2.54. The van der Waals surface area contributed by atoms with Crippen molar-refractivity contribution >= 4 is 34.7 Å². The highest BCUT2D eigenvalue weighted by molar-refractivity contribution is 6.36. The molecular weight excluding hydrogens is 335 g/mol. The molecule has 0 unspecified atom stereocenters. The lowest BCUT2D eigenvalue weighted by molar-refractivity contribution is -0.137. The minimum atomic E-state index is -0.427. The Balaban J connectivity index is 2.52. The lowest BCUT2D eigenvalue weighted by atomic mass is 9.97. The van der Waals surface area contributed by atoms with Crippen LogP contribution in [0.1, 0.15) is 18.1 Å². The van der Waals surface area contributed by atoms with E-state index in [0.717, 1.165) is 11.3 Å². The zero-order valence-electron chi connectivity index (χ0n) is 12.8. The maximum absolute atomic E-state index is 11.9. The van der Waals surface area contributed by atoms with E-state index in [2.05, 4.69) is 0 Å². The Bertz CT molecular complexity index is 722. The lowest BCUT2D eigenvalue weighted by Crippen LogP contribution is -2.02. The molecule has 2 aromatic carbocycles. The second-order valence-corrected chi connectivity index (χ2v) is 5.51. The van der Waals surface area contributed by atoms with Gasteiger partial charge in [-0.1, -0.05) is 41.4 Å². The van der Waals surface area contributed by atoms with Gasteiger partial charge in [0.1, 0.15) is 5.75 Å². The Hall–Kier alpha value is -1.97. The van der Waals surface area contributed by atoms with Gasteiger partial charge in [0.05, 0.1) is 13.7 Å². The van der Waals surface area contributed by atoms with Crippen LogP contribution in [0.2, 0.25) is 10.0 Å². The van der Waals surface area contributed by atoms with Crippen LogP contribution in [0.5, 0.6) is 5.75 Å². The summed E-state index contributed by atoms with van der Waals surface area (Å²) < 4.78 is 10.2. The Labute approximate surface area is 145 Å². The van der Waals surface area contributed by atoms with Crippen LogP contribution >= 0.6 is 23.2 Å². The quantitative estimate of drug-likeness (QED) is 0.562. The van der Waals surface area contributed by atoms with Gasteiger partial charge in [0.2, 0.25) is 0 Å². The van der Waals surface area contributed by atoms with Crippen LogP contribution in [0.4, 0.5) is 0 Å². The molecule has 120 valence electrons. The first kappa shape index (κ1) is 17.4. The first-order valence-corrected chi connectivity index (χ1v) is 7.79. The molecule has 0 fully saturated rings. The molecule has 2 rings (SSSR count). The van der Waals surface area contributed by atoms with Crippen LogP contribution in [0.25, 0.3) is 5.57 Å². The third-order valence-electron chi connectivity index (χ3n) is 3.17. The number of hydrogen-bond donors (Lipinski definition) is 0. The van der Waals surface area contributed by atoms with Crippen LogP contribution < -0.4 is 4.74 Å². The van der Waals surface area contributed by atoms with Crippen molar-refractivity contribution in [1.29, 1.82) is 0 Å². The van der Waals surface area contributed by atoms with Crippen molar-refractivity contribution < 1.29 is 14.3 Å². The normalized spacial score (nSPS) is 11.2. The minimum Gasteiger partial charge on any atom is -0.497 e. The molecule has 2 aromatic rings. The molecule has 0 aliphatic rings. The van der Waals surface area contributed by atoms with E-state index in [4.69, 9.17) is 32.7 Å². The summed E-state index contributed by atoms with van der Waals surface area (Å²) in [5, 5.41) is 0.993. The first-order valence-electron chi connectivity index (χ1n) is 7.03. The zero-order chi connectivity index (χ0) is 16.8. The number of benzene rings is 2. The van der Waals surface area contributed by atoms with Crippen molar-refractivity contribution in [2.75, 3.05) is 13.7 Å². The van der Waals surface area contributed by atoms with E-state index in [-0.39, 0.29) is 0 Å². The van der Waals surface area contributed by atoms with Gasteiger partial charge in [-0.3, -0.25) is 0 Å². The third kappa shape index (κ3) is 4.50. The smallest absolute Gasteiger partial charge is 0.331 e. The minimum absolute atomic E-state index is 0.305. The van der Waals surface area contributed by atoms with E-state index in [1.54, 1.807) is 32.2 Å². The van der Waals surface area contributed by atoms with Crippen molar-refractivity contribution in [1.82, 2.24) is 0 Å². The molecule has 0 saturated carbocycles. The van der Waals surface area contributed by atoms with E-state index in [0.29, 0.717) is 27.8 Å². The van der Waals surface area contributed by atoms with Gasteiger partial charge in [0.25, 0.3) is 0 Å². The molecule has 23 heavy (non-hydrogen) atoms. The molecule has 0 aliphatic heterocycles. The van der Waals surface area contributed by atoms with Crippen molar-refractivity contribution in [2.45, 2.75) is 6.92 Å². The molecule has 3 nitrogen and oxygen atoms in total. The Kier molecular flexibility index (Phi) is 6.08. The molecule has 0 spiro atoms. The molecule has 0 aromatic heterocycles. The molecule has 0 bridgehead atoms. The predicted octanol–water partition coefficient (Wildman–Crippen LogP) is 5.00. The standard InChI is InChI=1S/C18H16Cl2O3/c1-3-23-18(21)11-16(12-4-7-14(22-2)8-5-12)15-9-6-13(19)10-17(15)20/h4-11H,3H2,1-2H3. The average molecular weight is 351 g/mol. The number of hydrogen-bond acceptors (Lipinski definition) is 3. The van der Waals surface area contributed by atoms with Gasteiger partial charge in [0.15, 0.2) is 0 Å². The Morgan fingerprint density at radius 3 is 2.39 bits per heavy atom. The lowest BCUT2D eigenvalue weighted by Gasteiger charge is -2.11. The van der Waals surface area contributed by atoms with Crippen LogP contribution in [-0.4, -0.2) is 19.7 Å². The Morgan fingerprint density at radius 2 is 1.83 bits per heavy atom. The first-order chi connectivity index (χ1) is 11.0. The summed E-state index contributed by atoms with van der Waals surface area (Å²) >= 11 is 12.2. The van der Waals surface area contributed by atoms with Crippen LogP contribution in [0.3, 0.4) is 0 Å². The highest BCUT2D eigenvalue weighted by Crippen LogP contribution is 2.32. The van der Waals surface area contributed by atoms with Gasteiger partial charge in [-0.25, -0.2) is 4.79 Å². The number of methoxy groups -OCH3 is 1.